The molecule has 0 saturated carbocycles. The van der Waals surface area contributed by atoms with Crippen LogP contribution in [0, 0.1) is 24.0 Å². The average molecular weight is 379 g/mol. The highest BCUT2D eigenvalue weighted by Crippen LogP contribution is 2.24. The fraction of sp³-hybridized carbons (Fsp3) is 0.100. The van der Waals surface area contributed by atoms with Crippen molar-refractivity contribution in [3.8, 4) is 0 Å². The summed E-state index contributed by atoms with van der Waals surface area (Å²) < 4.78 is 5.05. The maximum atomic E-state index is 12.5. The van der Waals surface area contributed by atoms with Crippen LogP contribution in [0.2, 0.25) is 0 Å². The highest BCUT2D eigenvalue weighted by Gasteiger charge is 2.16. The third-order valence-electron chi connectivity index (χ3n) is 4.16. The van der Waals surface area contributed by atoms with Crippen LogP contribution in [0.15, 0.2) is 59.2 Å². The van der Waals surface area contributed by atoms with Crippen LogP contribution in [0.25, 0.3) is 0 Å². The lowest BCUT2D eigenvalue weighted by atomic mass is 10.1. The first-order valence-corrected chi connectivity index (χ1v) is 8.37. The highest BCUT2D eigenvalue weighted by molar-refractivity contribution is 6.06. The number of carbonyl (C=O) groups is 2. The van der Waals surface area contributed by atoms with Gasteiger partial charge in [0.1, 0.15) is 0 Å². The van der Waals surface area contributed by atoms with E-state index in [4.69, 9.17) is 4.42 Å². The van der Waals surface area contributed by atoms with Crippen molar-refractivity contribution in [3.05, 3.63) is 87.4 Å². The van der Waals surface area contributed by atoms with E-state index in [1.807, 2.05) is 0 Å². The Hall–Kier alpha value is -3.94. The summed E-state index contributed by atoms with van der Waals surface area (Å²) in [6, 6.07) is 12.5. The second kappa shape index (κ2) is 7.75. The van der Waals surface area contributed by atoms with Gasteiger partial charge in [-0.05, 0) is 49.7 Å². The number of benzene rings is 2. The van der Waals surface area contributed by atoms with Crippen molar-refractivity contribution in [2.45, 2.75) is 13.8 Å². The molecule has 2 amide bonds. The molecule has 0 aliphatic rings. The van der Waals surface area contributed by atoms with E-state index in [9.17, 15) is 19.7 Å². The zero-order chi connectivity index (χ0) is 20.3. The lowest BCUT2D eigenvalue weighted by Gasteiger charge is -2.11. The Morgan fingerprint density at radius 1 is 0.964 bits per heavy atom. The van der Waals surface area contributed by atoms with Gasteiger partial charge in [0.25, 0.3) is 17.5 Å². The Bertz CT molecular complexity index is 1060. The molecule has 1 aromatic heterocycles. The van der Waals surface area contributed by atoms with Gasteiger partial charge in [0.15, 0.2) is 5.76 Å². The molecule has 1 heterocycles. The van der Waals surface area contributed by atoms with Gasteiger partial charge in [-0.25, -0.2) is 0 Å². The molecule has 0 atom stereocenters. The van der Waals surface area contributed by atoms with Gasteiger partial charge in [-0.2, -0.15) is 0 Å². The van der Waals surface area contributed by atoms with Crippen LogP contribution < -0.4 is 10.6 Å². The molecule has 2 N–H and O–H groups in total. The van der Waals surface area contributed by atoms with E-state index in [1.54, 1.807) is 38.1 Å². The van der Waals surface area contributed by atoms with E-state index < -0.39 is 16.7 Å². The number of nitro groups is 1. The lowest BCUT2D eigenvalue weighted by molar-refractivity contribution is -0.385. The fourth-order valence-electron chi connectivity index (χ4n) is 2.58. The predicted molar refractivity (Wildman–Crippen MR) is 104 cm³/mol. The standard InChI is InChI=1S/C20H17N3O5/c1-12-6-8-15(21-20(25)18-4-3-9-28-18)11-16(12)22-19(24)14-7-5-13(2)17(10-14)23(26)27/h3-11H,1-2H3,(H,21,25)(H,22,24). The van der Waals surface area contributed by atoms with Crippen LogP contribution in [0.5, 0.6) is 0 Å². The van der Waals surface area contributed by atoms with Crippen molar-refractivity contribution in [1.82, 2.24) is 0 Å². The number of amides is 2. The van der Waals surface area contributed by atoms with Crippen molar-refractivity contribution in [2.75, 3.05) is 10.6 Å². The van der Waals surface area contributed by atoms with Gasteiger partial charge in [0.2, 0.25) is 0 Å². The first kappa shape index (κ1) is 18.8. The van der Waals surface area contributed by atoms with Crippen LogP contribution in [-0.4, -0.2) is 16.7 Å². The molecule has 8 heteroatoms. The predicted octanol–water partition coefficient (Wildman–Crippen LogP) is 4.31. The van der Waals surface area contributed by atoms with Crippen molar-refractivity contribution < 1.29 is 18.9 Å². The number of nitro benzene ring substituents is 1. The quantitative estimate of drug-likeness (QED) is 0.506. The molecule has 0 bridgehead atoms. The minimum atomic E-state index is -0.526. The van der Waals surface area contributed by atoms with Crippen LogP contribution in [0.4, 0.5) is 17.1 Å². The number of nitrogens with zero attached hydrogens (tertiary/aromatic N) is 1. The number of anilines is 2. The summed E-state index contributed by atoms with van der Waals surface area (Å²) in [5, 5.41) is 16.5. The zero-order valence-corrected chi connectivity index (χ0v) is 15.2. The maximum Gasteiger partial charge on any atom is 0.291 e. The molecular formula is C20H17N3O5. The zero-order valence-electron chi connectivity index (χ0n) is 15.2. The van der Waals surface area contributed by atoms with Gasteiger partial charge in [0.05, 0.1) is 11.2 Å². The Balaban J connectivity index is 1.80. The molecule has 28 heavy (non-hydrogen) atoms. The number of rotatable bonds is 5. The number of hydrogen-bond donors (Lipinski definition) is 2. The van der Waals surface area contributed by atoms with Crippen LogP contribution in [0.1, 0.15) is 32.0 Å². The SMILES string of the molecule is Cc1ccc(NC(=O)c2ccco2)cc1NC(=O)c1ccc(C)c([N+](=O)[O-])c1. The summed E-state index contributed by atoms with van der Waals surface area (Å²) in [5.74, 6) is -0.737. The van der Waals surface area contributed by atoms with Crippen molar-refractivity contribution in [1.29, 1.82) is 0 Å². The largest absolute Gasteiger partial charge is 0.459 e. The maximum absolute atomic E-state index is 12.5. The molecule has 0 unspecified atom stereocenters. The van der Waals surface area contributed by atoms with Gasteiger partial charge >= 0.3 is 0 Å². The second-order valence-electron chi connectivity index (χ2n) is 6.17. The van der Waals surface area contributed by atoms with Gasteiger partial charge in [-0.1, -0.05) is 12.1 Å². The van der Waals surface area contributed by atoms with Crippen LogP contribution in [0.3, 0.4) is 0 Å². The number of carbonyl (C=O) groups excluding carboxylic acids is 2. The Kier molecular flexibility index (Phi) is 5.21. The topological polar surface area (TPSA) is 114 Å². The molecule has 142 valence electrons. The molecular weight excluding hydrogens is 362 g/mol. The molecule has 0 saturated heterocycles. The molecule has 0 aliphatic carbocycles. The summed E-state index contributed by atoms with van der Waals surface area (Å²) >= 11 is 0. The van der Waals surface area contributed by atoms with E-state index in [1.165, 1.54) is 30.5 Å². The van der Waals surface area contributed by atoms with E-state index in [2.05, 4.69) is 10.6 Å². The van der Waals surface area contributed by atoms with Crippen molar-refractivity contribution in [2.24, 2.45) is 0 Å². The van der Waals surface area contributed by atoms with Crippen LogP contribution >= 0.6 is 0 Å². The summed E-state index contributed by atoms with van der Waals surface area (Å²) in [6.07, 6.45) is 1.40. The van der Waals surface area contributed by atoms with E-state index in [0.717, 1.165) is 5.56 Å². The van der Waals surface area contributed by atoms with Crippen LogP contribution in [-0.2, 0) is 0 Å². The monoisotopic (exact) mass is 379 g/mol. The Morgan fingerprint density at radius 2 is 1.71 bits per heavy atom. The van der Waals surface area contributed by atoms with Crippen molar-refractivity contribution >= 4 is 28.9 Å². The first-order valence-electron chi connectivity index (χ1n) is 8.37. The average Bonchev–Trinajstić information content (AvgIpc) is 3.19. The second-order valence-corrected chi connectivity index (χ2v) is 6.17. The molecule has 0 spiro atoms. The van der Waals surface area contributed by atoms with Gasteiger partial charge in [-0.3, -0.25) is 19.7 Å². The number of furan rings is 1. The van der Waals surface area contributed by atoms with E-state index in [0.29, 0.717) is 16.9 Å². The third-order valence-corrected chi connectivity index (χ3v) is 4.16. The highest BCUT2D eigenvalue weighted by atomic mass is 16.6. The Morgan fingerprint density at radius 3 is 2.39 bits per heavy atom. The molecule has 0 radical (unpaired) electrons. The molecule has 0 fully saturated rings. The number of aryl methyl sites for hydroxylation is 2. The molecule has 0 aliphatic heterocycles. The summed E-state index contributed by atoms with van der Waals surface area (Å²) in [5.41, 5.74) is 2.24. The van der Waals surface area contributed by atoms with E-state index in [-0.39, 0.29) is 17.0 Å². The van der Waals surface area contributed by atoms with Crippen molar-refractivity contribution in [3.63, 3.8) is 0 Å². The molecule has 3 rings (SSSR count). The normalized spacial score (nSPS) is 10.4. The lowest BCUT2D eigenvalue weighted by Crippen LogP contribution is -2.15. The minimum absolute atomic E-state index is 0.121. The molecule has 8 nitrogen and oxygen atoms in total. The summed E-state index contributed by atoms with van der Waals surface area (Å²) in [4.78, 5) is 35.2. The third kappa shape index (κ3) is 4.07. The number of nitrogens with one attached hydrogen (secondary N) is 2. The first-order chi connectivity index (χ1) is 13.3. The smallest absolute Gasteiger partial charge is 0.291 e. The molecule has 3 aromatic rings. The van der Waals surface area contributed by atoms with E-state index >= 15 is 0 Å². The van der Waals surface area contributed by atoms with Gasteiger partial charge in [-0.15, -0.1) is 0 Å². The minimum Gasteiger partial charge on any atom is -0.459 e. The fourth-order valence-corrected chi connectivity index (χ4v) is 2.58. The Labute approximate surface area is 160 Å². The van der Waals surface area contributed by atoms with Gasteiger partial charge in [0, 0.05) is 28.6 Å². The summed E-state index contributed by atoms with van der Waals surface area (Å²) in [7, 11) is 0. The summed E-state index contributed by atoms with van der Waals surface area (Å²) in [6.45, 7) is 3.40. The molecule has 2 aromatic carbocycles. The number of hydrogen-bond acceptors (Lipinski definition) is 5. The van der Waals surface area contributed by atoms with Gasteiger partial charge < -0.3 is 15.1 Å².